The minimum atomic E-state index is -9.23. The first kappa shape index (κ1) is 36.6. The summed E-state index contributed by atoms with van der Waals surface area (Å²) in [6.45, 7) is 0. The van der Waals surface area contributed by atoms with E-state index in [1.165, 1.54) is 0 Å². The van der Waals surface area contributed by atoms with Gasteiger partial charge in [-0.1, -0.05) is 0 Å². The normalized spacial score (nSPS) is 16.7. The van der Waals surface area contributed by atoms with Gasteiger partial charge in [-0.3, -0.25) is 0 Å². The van der Waals surface area contributed by atoms with E-state index >= 15 is 0 Å². The maximum Gasteiger partial charge on any atom is 0.581 e. The lowest BCUT2D eigenvalue weighted by atomic mass is 9.87. The van der Waals surface area contributed by atoms with Crippen molar-refractivity contribution in [2.75, 3.05) is 21.3 Å². The van der Waals surface area contributed by atoms with Crippen LogP contribution < -0.4 is 0 Å². The molecule has 3 nitrogen and oxygen atoms in total. The van der Waals surface area contributed by atoms with Gasteiger partial charge in [-0.15, -0.1) is 0 Å². The maximum atomic E-state index is 14.1. The highest BCUT2D eigenvalue weighted by Crippen LogP contribution is 2.66. The van der Waals surface area contributed by atoms with E-state index in [0.29, 0.717) is 0 Å². The lowest BCUT2D eigenvalue weighted by Crippen LogP contribution is -2.79. The second-order valence-electron chi connectivity index (χ2n) is 6.84. The summed E-state index contributed by atoms with van der Waals surface area (Å²) in [6.07, 6.45) is -8.03. The third-order valence-corrected chi connectivity index (χ3v) is 7.40. The van der Waals surface area contributed by atoms with E-state index in [2.05, 4.69) is 13.3 Å². The van der Waals surface area contributed by atoms with E-state index in [1.807, 2.05) is 0 Å². The number of alkyl halides is 21. The van der Waals surface area contributed by atoms with Crippen LogP contribution in [-0.2, 0) is 13.3 Å². The molecule has 0 unspecified atom stereocenters. The van der Waals surface area contributed by atoms with Crippen LogP contribution in [0.5, 0.6) is 0 Å². The first-order valence-electron chi connectivity index (χ1n) is 8.31. The average Bonchev–Trinajstić information content (AvgIpc) is 2.73. The van der Waals surface area contributed by atoms with Crippen molar-refractivity contribution >= 4 is 8.80 Å². The smallest absolute Gasteiger partial charge is 0.373 e. The van der Waals surface area contributed by atoms with Gasteiger partial charge in [-0.2, -0.15) is 92.2 Å². The van der Waals surface area contributed by atoms with Gasteiger partial charge < -0.3 is 13.3 Å². The van der Waals surface area contributed by atoms with E-state index in [9.17, 15) is 92.2 Å². The molecule has 0 heterocycles. The zero-order valence-corrected chi connectivity index (χ0v) is 18.7. The molecule has 0 atom stereocenters. The van der Waals surface area contributed by atoms with Crippen LogP contribution in [0.4, 0.5) is 92.2 Å². The molecule has 0 aliphatic rings. The Bertz CT molecular complexity index is 790. The van der Waals surface area contributed by atoms with Crippen molar-refractivity contribution in [3.63, 3.8) is 0 Å². The first-order chi connectivity index (χ1) is 16.2. The van der Waals surface area contributed by atoms with E-state index < -0.39 is 67.9 Å². The summed E-state index contributed by atoms with van der Waals surface area (Å²) in [5, 5.41) is 0. The molecule has 0 N–H and O–H groups in total. The highest BCUT2D eigenvalue weighted by Gasteiger charge is 2.99. The molecule has 0 radical (unpaired) electrons. The van der Waals surface area contributed by atoms with Crippen LogP contribution in [0.2, 0.25) is 0 Å². The first-order valence-corrected chi connectivity index (χ1v) is 10.0. The molecule has 0 amide bonds. The Morgan fingerprint density at radius 2 is 0.500 bits per heavy atom. The number of halogens is 21. The quantitative estimate of drug-likeness (QED) is 0.176. The molecule has 0 bridgehead atoms. The SMILES string of the molecule is CO[Si](OC)(OC)C(F)(F)C(F)(F)C(F)(F)C(F)(F)C(F)(F)C(F)(F)C(F)(F)C(F)(F)C(F)(F)C(F)(F)F. The van der Waals surface area contributed by atoms with Crippen molar-refractivity contribution in [3.05, 3.63) is 0 Å². The van der Waals surface area contributed by atoms with Crippen LogP contribution >= 0.6 is 0 Å². The van der Waals surface area contributed by atoms with Crippen LogP contribution in [-0.4, -0.2) is 89.2 Å². The molecule has 0 rings (SSSR count). The van der Waals surface area contributed by atoms with Crippen molar-refractivity contribution < 1.29 is 105 Å². The second kappa shape index (κ2) is 9.34. The monoisotopic (exact) mass is 640 g/mol. The van der Waals surface area contributed by atoms with Crippen LogP contribution in [0, 0.1) is 0 Å². The fourth-order valence-corrected chi connectivity index (χ4v) is 4.20. The Labute approximate surface area is 196 Å². The molecule has 0 aliphatic heterocycles. The third-order valence-electron chi connectivity index (χ3n) is 4.70. The summed E-state index contributed by atoms with van der Waals surface area (Å²) >= 11 is 0. The molecule has 25 heteroatoms. The Hall–Kier alpha value is -1.37. The van der Waals surface area contributed by atoms with Crippen molar-refractivity contribution in [1.82, 2.24) is 0 Å². The summed E-state index contributed by atoms with van der Waals surface area (Å²) in [6, 6.07) is 0. The van der Waals surface area contributed by atoms with Crippen molar-refractivity contribution in [1.29, 1.82) is 0 Å². The molecule has 38 heavy (non-hydrogen) atoms. The molecule has 0 spiro atoms. The largest absolute Gasteiger partial charge is 0.581 e. The molecule has 0 fully saturated rings. The third kappa shape index (κ3) is 4.11. The summed E-state index contributed by atoms with van der Waals surface area (Å²) in [7, 11) is -7.17. The van der Waals surface area contributed by atoms with E-state index in [4.69, 9.17) is 0 Å². The molecule has 0 aromatic heterocycles. The summed E-state index contributed by atoms with van der Waals surface area (Å²) in [4.78, 5) is 0. The van der Waals surface area contributed by atoms with Gasteiger partial charge in [0, 0.05) is 21.3 Å². The number of hydrogen-bond acceptors (Lipinski definition) is 3. The van der Waals surface area contributed by atoms with E-state index in [1.54, 1.807) is 0 Å². The topological polar surface area (TPSA) is 27.7 Å². The van der Waals surface area contributed by atoms with Crippen molar-refractivity contribution in [3.8, 4) is 0 Å². The summed E-state index contributed by atoms with van der Waals surface area (Å²) < 4.78 is 291. The van der Waals surface area contributed by atoms with Gasteiger partial charge in [-0.05, 0) is 0 Å². The van der Waals surface area contributed by atoms with Gasteiger partial charge in [0.15, 0.2) is 0 Å². The lowest BCUT2D eigenvalue weighted by Gasteiger charge is -2.45. The fourth-order valence-electron chi connectivity index (χ4n) is 2.39. The Morgan fingerprint density at radius 1 is 0.316 bits per heavy atom. The number of rotatable bonds is 12. The van der Waals surface area contributed by atoms with Gasteiger partial charge in [0.05, 0.1) is 0 Å². The van der Waals surface area contributed by atoms with Crippen LogP contribution in [0.1, 0.15) is 0 Å². The highest BCUT2D eigenvalue weighted by molar-refractivity contribution is 6.63. The minimum Gasteiger partial charge on any atom is -0.373 e. The minimum absolute atomic E-state index is 0.119. The van der Waals surface area contributed by atoms with Gasteiger partial charge in [0.1, 0.15) is 0 Å². The predicted molar refractivity (Wildman–Crippen MR) is 77.4 cm³/mol. The fraction of sp³-hybridized carbons (Fsp3) is 1.00. The maximum absolute atomic E-state index is 14.1. The molecule has 230 valence electrons. The molecule has 0 saturated carbocycles. The lowest BCUT2D eigenvalue weighted by molar-refractivity contribution is -0.473. The predicted octanol–water partition coefficient (Wildman–Crippen LogP) is 6.68. The zero-order chi connectivity index (χ0) is 31.6. The Kier molecular flexibility index (Phi) is 9.00. The molecule has 0 aromatic carbocycles. The molecule has 0 aliphatic carbocycles. The molecule has 0 saturated heterocycles. The molecule has 0 aromatic rings. The van der Waals surface area contributed by atoms with Gasteiger partial charge >= 0.3 is 67.9 Å². The van der Waals surface area contributed by atoms with Gasteiger partial charge in [0.25, 0.3) is 0 Å². The Morgan fingerprint density at radius 3 is 0.684 bits per heavy atom. The van der Waals surface area contributed by atoms with Crippen LogP contribution in [0.15, 0.2) is 0 Å². The Balaban J connectivity index is 7.28. The van der Waals surface area contributed by atoms with E-state index in [0.717, 1.165) is 0 Å². The summed E-state index contributed by atoms with van der Waals surface area (Å²) in [5.41, 5.74) is -7.09. The van der Waals surface area contributed by atoms with Crippen LogP contribution in [0.3, 0.4) is 0 Å². The zero-order valence-electron chi connectivity index (χ0n) is 17.7. The molecular formula is C13H9F21O3Si. The standard InChI is InChI=1S/C13H9F21O3Si/c1-35-38(36-2,37-3)13(33,34)11(28,29)9(24,25)7(20,21)5(16,17)4(14,15)6(18,19)8(22,23)10(26,27)12(30,31)32/h1-3H3. The van der Waals surface area contributed by atoms with Crippen LogP contribution in [0.25, 0.3) is 0 Å². The average molecular weight is 640 g/mol. The molecular weight excluding hydrogens is 631 g/mol. The van der Waals surface area contributed by atoms with Crippen molar-refractivity contribution in [2.24, 2.45) is 0 Å². The second-order valence-corrected chi connectivity index (χ2v) is 9.80. The van der Waals surface area contributed by atoms with E-state index in [-0.39, 0.29) is 21.3 Å². The van der Waals surface area contributed by atoms with Gasteiger partial charge in [-0.25, -0.2) is 0 Å². The van der Waals surface area contributed by atoms with Gasteiger partial charge in [0.2, 0.25) is 0 Å². The number of hydrogen-bond donors (Lipinski definition) is 0. The van der Waals surface area contributed by atoms with Crippen molar-refractivity contribution in [2.45, 2.75) is 59.1 Å². The highest BCUT2D eigenvalue weighted by atomic mass is 28.4. The summed E-state index contributed by atoms with van der Waals surface area (Å²) in [5.74, 6) is -71.0.